The summed E-state index contributed by atoms with van der Waals surface area (Å²) >= 11 is 0. The van der Waals surface area contributed by atoms with E-state index in [4.69, 9.17) is 4.74 Å². The minimum absolute atomic E-state index is 0.0769. The SMILES string of the molecule is CC(C)(C)OC(=O)N1CCN(c2cc(C[B-](F)(F)F)cc(C(=O)O)c2)CC1. The van der Waals surface area contributed by atoms with E-state index >= 15 is 0 Å². The first-order chi connectivity index (χ1) is 12.3. The first-order valence-electron chi connectivity index (χ1n) is 8.65. The third kappa shape index (κ3) is 6.37. The Morgan fingerprint density at radius 2 is 1.70 bits per heavy atom. The standard InChI is InChI=1S/C17H23BF3N2O4/c1-17(2,3)27-16(26)23-6-4-22(5-7-23)14-9-12(11-18(19,20)21)8-13(10-14)15(24)25/h8-10H,4-7,11H2,1-3H3,(H,24,25)/q-1. The zero-order chi connectivity index (χ0) is 20.4. The first kappa shape index (κ1) is 20.9. The van der Waals surface area contributed by atoms with Crippen molar-refractivity contribution in [2.24, 2.45) is 0 Å². The summed E-state index contributed by atoms with van der Waals surface area (Å²) in [5, 5.41) is 9.19. The number of amides is 1. The van der Waals surface area contributed by atoms with E-state index in [1.165, 1.54) is 17.0 Å². The average molecular weight is 387 g/mol. The summed E-state index contributed by atoms with van der Waals surface area (Å²) < 4.78 is 43.6. The highest BCUT2D eigenvalue weighted by Crippen LogP contribution is 2.25. The number of benzene rings is 1. The highest BCUT2D eigenvalue weighted by Gasteiger charge is 2.27. The molecule has 0 saturated carbocycles. The molecule has 0 aliphatic carbocycles. The van der Waals surface area contributed by atoms with Crippen LogP contribution in [0.1, 0.15) is 36.7 Å². The predicted octanol–water partition coefficient (Wildman–Crippen LogP) is 3.37. The quantitative estimate of drug-likeness (QED) is 0.803. The fourth-order valence-corrected chi connectivity index (χ4v) is 2.84. The van der Waals surface area contributed by atoms with Gasteiger partial charge in [-0.25, -0.2) is 9.59 Å². The molecule has 0 spiro atoms. The van der Waals surface area contributed by atoms with E-state index in [-0.39, 0.29) is 11.1 Å². The van der Waals surface area contributed by atoms with Crippen LogP contribution in [0.4, 0.5) is 23.4 Å². The molecule has 1 saturated heterocycles. The van der Waals surface area contributed by atoms with Gasteiger partial charge in [-0.05, 0) is 39.0 Å². The molecule has 27 heavy (non-hydrogen) atoms. The normalized spacial score (nSPS) is 15.6. The molecule has 1 aliphatic rings. The van der Waals surface area contributed by atoms with Gasteiger partial charge in [-0.15, -0.1) is 0 Å². The Bertz CT molecular complexity index is 711. The van der Waals surface area contributed by atoms with Gasteiger partial charge in [-0.2, -0.15) is 0 Å². The zero-order valence-corrected chi connectivity index (χ0v) is 15.5. The number of anilines is 1. The molecular formula is C17H23BF3N2O4-. The third-order valence-corrected chi connectivity index (χ3v) is 3.99. The molecule has 0 atom stereocenters. The molecule has 1 N–H and O–H groups in total. The van der Waals surface area contributed by atoms with E-state index in [0.29, 0.717) is 31.9 Å². The van der Waals surface area contributed by atoms with Gasteiger partial charge in [0, 0.05) is 31.9 Å². The number of halogens is 3. The van der Waals surface area contributed by atoms with Crippen molar-refractivity contribution in [2.45, 2.75) is 32.7 Å². The summed E-state index contributed by atoms with van der Waals surface area (Å²) in [7, 11) is 0. The molecule has 6 nitrogen and oxygen atoms in total. The number of carboxylic acid groups (broad SMARTS) is 1. The van der Waals surface area contributed by atoms with Gasteiger partial charge in [0.15, 0.2) is 0 Å². The second kappa shape index (κ2) is 7.70. The number of carboxylic acids is 1. The van der Waals surface area contributed by atoms with E-state index in [0.717, 1.165) is 6.07 Å². The van der Waals surface area contributed by atoms with Crippen LogP contribution in [0.15, 0.2) is 18.2 Å². The van der Waals surface area contributed by atoms with Gasteiger partial charge in [0.2, 0.25) is 0 Å². The maximum atomic E-state index is 12.8. The highest BCUT2D eigenvalue weighted by atomic mass is 19.4. The van der Waals surface area contributed by atoms with Gasteiger partial charge in [0.1, 0.15) is 5.60 Å². The van der Waals surface area contributed by atoms with Crippen LogP contribution in [0, 0.1) is 0 Å². The van der Waals surface area contributed by atoms with Crippen LogP contribution >= 0.6 is 0 Å². The third-order valence-electron chi connectivity index (χ3n) is 3.99. The Kier molecular flexibility index (Phi) is 5.96. The zero-order valence-electron chi connectivity index (χ0n) is 15.5. The smallest absolute Gasteiger partial charge is 0.478 e. The van der Waals surface area contributed by atoms with Crippen molar-refractivity contribution in [2.75, 3.05) is 31.1 Å². The molecule has 150 valence electrons. The van der Waals surface area contributed by atoms with Crippen molar-refractivity contribution in [3.8, 4) is 0 Å². The van der Waals surface area contributed by atoms with E-state index in [9.17, 15) is 27.6 Å². The first-order valence-corrected chi connectivity index (χ1v) is 8.65. The van der Waals surface area contributed by atoms with Gasteiger partial charge in [-0.1, -0.05) is 11.9 Å². The molecular weight excluding hydrogens is 364 g/mol. The van der Waals surface area contributed by atoms with Gasteiger partial charge in [0.05, 0.1) is 5.56 Å². The highest BCUT2D eigenvalue weighted by molar-refractivity contribution is 6.57. The van der Waals surface area contributed by atoms with Crippen LogP contribution < -0.4 is 4.90 Å². The van der Waals surface area contributed by atoms with Gasteiger partial charge in [-0.3, -0.25) is 0 Å². The summed E-state index contributed by atoms with van der Waals surface area (Å²) in [4.78, 5) is 26.7. The lowest BCUT2D eigenvalue weighted by atomic mass is 9.81. The summed E-state index contributed by atoms with van der Waals surface area (Å²) in [5.74, 6) is -1.28. The largest absolute Gasteiger partial charge is 0.482 e. The van der Waals surface area contributed by atoms with Crippen molar-refractivity contribution >= 4 is 24.7 Å². The minimum atomic E-state index is -5.07. The molecule has 0 radical (unpaired) electrons. The molecule has 1 aliphatic heterocycles. The van der Waals surface area contributed by atoms with Crippen LogP contribution in [-0.2, 0) is 11.1 Å². The van der Waals surface area contributed by atoms with Gasteiger partial charge in [0.25, 0.3) is 0 Å². The van der Waals surface area contributed by atoms with Gasteiger partial charge < -0.3 is 32.6 Å². The minimum Gasteiger partial charge on any atom is -0.478 e. The number of carbonyl (C=O) groups is 2. The molecule has 1 aromatic carbocycles. The predicted molar refractivity (Wildman–Crippen MR) is 96.2 cm³/mol. The van der Waals surface area contributed by atoms with E-state index < -0.39 is 31.0 Å². The fourth-order valence-electron chi connectivity index (χ4n) is 2.84. The van der Waals surface area contributed by atoms with Crippen LogP contribution in [0.5, 0.6) is 0 Å². The number of hydrogen-bond donors (Lipinski definition) is 1. The average Bonchev–Trinajstić information content (AvgIpc) is 2.51. The molecule has 1 amide bonds. The van der Waals surface area contributed by atoms with Crippen molar-refractivity contribution in [3.05, 3.63) is 29.3 Å². The Labute approximate surface area is 155 Å². The summed E-state index contributed by atoms with van der Waals surface area (Å²) in [6.07, 6.45) is -1.58. The second-order valence-electron chi connectivity index (χ2n) is 7.56. The Balaban J connectivity index is 2.12. The summed E-state index contributed by atoms with van der Waals surface area (Å²) in [6, 6.07) is 3.78. The van der Waals surface area contributed by atoms with Crippen molar-refractivity contribution in [1.29, 1.82) is 0 Å². The van der Waals surface area contributed by atoms with Crippen LogP contribution in [0.3, 0.4) is 0 Å². The monoisotopic (exact) mass is 387 g/mol. The topological polar surface area (TPSA) is 70.1 Å². The van der Waals surface area contributed by atoms with Crippen molar-refractivity contribution in [1.82, 2.24) is 4.90 Å². The molecule has 2 rings (SSSR count). The molecule has 0 bridgehead atoms. The Morgan fingerprint density at radius 3 is 2.19 bits per heavy atom. The number of aromatic carboxylic acids is 1. The number of nitrogens with zero attached hydrogens (tertiary/aromatic N) is 2. The number of ether oxygens (including phenoxy) is 1. The molecule has 1 heterocycles. The number of piperazine rings is 1. The summed E-state index contributed by atoms with van der Waals surface area (Å²) in [6.45, 7) is 1.65. The molecule has 0 unspecified atom stereocenters. The maximum absolute atomic E-state index is 12.8. The summed E-state index contributed by atoms with van der Waals surface area (Å²) in [5.41, 5.74) is -0.462. The lowest BCUT2D eigenvalue weighted by Gasteiger charge is -2.37. The Hall–Kier alpha value is -2.39. The maximum Gasteiger partial charge on any atom is 0.482 e. The number of rotatable bonds is 4. The number of hydrogen-bond acceptors (Lipinski definition) is 4. The van der Waals surface area contributed by atoms with E-state index in [1.54, 1.807) is 25.7 Å². The van der Waals surface area contributed by atoms with Crippen LogP contribution in [-0.4, -0.2) is 60.8 Å². The van der Waals surface area contributed by atoms with Crippen molar-refractivity contribution in [3.63, 3.8) is 0 Å². The molecule has 10 heteroatoms. The molecule has 1 fully saturated rings. The van der Waals surface area contributed by atoms with Crippen molar-refractivity contribution < 1.29 is 32.4 Å². The van der Waals surface area contributed by atoms with Crippen LogP contribution in [0.2, 0.25) is 0 Å². The van der Waals surface area contributed by atoms with E-state index in [2.05, 4.69) is 0 Å². The second-order valence-corrected chi connectivity index (χ2v) is 7.56. The molecule has 1 aromatic rings. The number of carbonyl (C=O) groups excluding carboxylic acids is 1. The van der Waals surface area contributed by atoms with Crippen LogP contribution in [0.25, 0.3) is 0 Å². The molecule has 0 aromatic heterocycles. The van der Waals surface area contributed by atoms with E-state index in [1.807, 2.05) is 0 Å². The fraction of sp³-hybridized carbons (Fsp3) is 0.529. The lowest BCUT2D eigenvalue weighted by molar-refractivity contribution is 0.0240. The lowest BCUT2D eigenvalue weighted by Crippen LogP contribution is -2.50. The Morgan fingerprint density at radius 1 is 1.11 bits per heavy atom. The van der Waals surface area contributed by atoms with Gasteiger partial charge >= 0.3 is 19.0 Å².